The highest BCUT2D eigenvalue weighted by atomic mass is 19.1. The molecule has 2 N–H and O–H groups in total. The average molecular weight is 334 g/mol. The highest BCUT2D eigenvalue weighted by Crippen LogP contribution is 2.21. The highest BCUT2D eigenvalue weighted by molar-refractivity contribution is 5.93. The molecule has 2 aromatic rings. The Morgan fingerprint density at radius 3 is 2.67 bits per heavy atom. The van der Waals surface area contributed by atoms with Crippen molar-refractivity contribution in [3.8, 4) is 11.3 Å². The summed E-state index contributed by atoms with van der Waals surface area (Å²) in [6.45, 7) is 4.81. The van der Waals surface area contributed by atoms with Crippen LogP contribution in [0.4, 0.5) is 4.39 Å². The van der Waals surface area contributed by atoms with Crippen LogP contribution in [0, 0.1) is 17.7 Å². The van der Waals surface area contributed by atoms with E-state index in [9.17, 15) is 9.18 Å². The van der Waals surface area contributed by atoms with E-state index in [4.69, 9.17) is 9.63 Å². The minimum absolute atomic E-state index is 0.103. The van der Waals surface area contributed by atoms with Crippen molar-refractivity contribution < 1.29 is 18.8 Å². The number of aliphatic hydroxyl groups excluding tert-OH is 1. The van der Waals surface area contributed by atoms with Gasteiger partial charge >= 0.3 is 0 Å². The Bertz CT molecular complexity index is 653. The minimum atomic E-state index is -0.337. The van der Waals surface area contributed by atoms with Crippen LogP contribution in [0.3, 0.4) is 0 Å². The van der Waals surface area contributed by atoms with E-state index >= 15 is 0 Å². The van der Waals surface area contributed by atoms with E-state index in [1.807, 2.05) is 0 Å². The summed E-state index contributed by atoms with van der Waals surface area (Å²) in [7, 11) is 0. The number of rotatable bonds is 8. The molecule has 0 bridgehead atoms. The Morgan fingerprint density at radius 1 is 1.33 bits per heavy atom. The molecule has 0 aliphatic carbocycles. The molecular weight excluding hydrogens is 311 g/mol. The monoisotopic (exact) mass is 334 g/mol. The maximum absolute atomic E-state index is 12.9. The van der Waals surface area contributed by atoms with Crippen LogP contribution in [-0.4, -0.2) is 29.3 Å². The van der Waals surface area contributed by atoms with Gasteiger partial charge in [-0.2, -0.15) is 0 Å². The van der Waals surface area contributed by atoms with Gasteiger partial charge < -0.3 is 14.9 Å². The van der Waals surface area contributed by atoms with E-state index in [0.717, 1.165) is 6.42 Å². The van der Waals surface area contributed by atoms with Crippen molar-refractivity contribution in [3.63, 3.8) is 0 Å². The SMILES string of the molecule is CC(C)CC(CCO)CNC(=O)c1cc(-c2ccc(F)cc2)on1. The summed E-state index contributed by atoms with van der Waals surface area (Å²) in [5.74, 6) is 0.474. The lowest BCUT2D eigenvalue weighted by Gasteiger charge is -2.18. The molecule has 0 saturated heterocycles. The number of aliphatic hydroxyl groups is 1. The number of amides is 1. The third kappa shape index (κ3) is 5.16. The van der Waals surface area contributed by atoms with Crippen LogP contribution < -0.4 is 5.32 Å². The molecule has 5 nitrogen and oxygen atoms in total. The van der Waals surface area contributed by atoms with Crippen molar-refractivity contribution >= 4 is 5.91 Å². The number of nitrogens with zero attached hydrogens (tertiary/aromatic N) is 1. The van der Waals surface area contributed by atoms with Crippen molar-refractivity contribution in [2.24, 2.45) is 11.8 Å². The summed E-state index contributed by atoms with van der Waals surface area (Å²) in [6, 6.07) is 7.31. The Morgan fingerprint density at radius 2 is 2.04 bits per heavy atom. The van der Waals surface area contributed by atoms with Crippen molar-refractivity contribution in [1.29, 1.82) is 0 Å². The molecule has 0 aliphatic rings. The van der Waals surface area contributed by atoms with Gasteiger partial charge in [0.25, 0.3) is 5.91 Å². The quantitative estimate of drug-likeness (QED) is 0.777. The second-order valence-electron chi connectivity index (χ2n) is 6.30. The van der Waals surface area contributed by atoms with Crippen LogP contribution in [0.1, 0.15) is 37.2 Å². The zero-order valence-corrected chi connectivity index (χ0v) is 14.0. The van der Waals surface area contributed by atoms with Crippen LogP contribution in [-0.2, 0) is 0 Å². The molecule has 0 radical (unpaired) electrons. The maximum atomic E-state index is 12.9. The standard InChI is InChI=1S/C18H23FN2O3/c1-12(2)9-13(7-8-22)11-20-18(23)16-10-17(24-21-16)14-3-5-15(19)6-4-14/h3-6,10,12-13,22H,7-9,11H2,1-2H3,(H,20,23). The summed E-state index contributed by atoms with van der Waals surface area (Å²) in [6.07, 6.45) is 1.58. The first-order valence-electron chi connectivity index (χ1n) is 8.11. The summed E-state index contributed by atoms with van der Waals surface area (Å²) in [4.78, 5) is 12.2. The third-order valence-corrected chi connectivity index (χ3v) is 3.76. The largest absolute Gasteiger partial charge is 0.396 e. The van der Waals surface area contributed by atoms with Crippen LogP contribution in [0.5, 0.6) is 0 Å². The van der Waals surface area contributed by atoms with Crippen molar-refractivity contribution in [2.75, 3.05) is 13.2 Å². The number of halogens is 1. The normalized spacial score (nSPS) is 12.4. The zero-order chi connectivity index (χ0) is 17.5. The molecule has 0 spiro atoms. The number of benzene rings is 1. The van der Waals surface area contributed by atoms with Crippen LogP contribution >= 0.6 is 0 Å². The number of aromatic nitrogens is 1. The number of hydrogen-bond donors (Lipinski definition) is 2. The number of carbonyl (C=O) groups excluding carboxylic acids is 1. The van der Waals surface area contributed by atoms with Gasteiger partial charge in [-0.3, -0.25) is 4.79 Å². The van der Waals surface area contributed by atoms with Gasteiger partial charge in [-0.25, -0.2) is 4.39 Å². The van der Waals surface area contributed by atoms with Crippen molar-refractivity contribution in [3.05, 3.63) is 41.8 Å². The topological polar surface area (TPSA) is 75.4 Å². The molecular formula is C18H23FN2O3. The molecule has 0 saturated carbocycles. The molecule has 1 heterocycles. The molecule has 6 heteroatoms. The first-order valence-corrected chi connectivity index (χ1v) is 8.11. The fraction of sp³-hybridized carbons (Fsp3) is 0.444. The summed E-state index contributed by atoms with van der Waals surface area (Å²) in [5.41, 5.74) is 0.836. The number of carbonyl (C=O) groups is 1. The Hall–Kier alpha value is -2.21. The Balaban J connectivity index is 1.96. The Labute approximate surface area is 140 Å². The molecule has 0 fully saturated rings. The van der Waals surface area contributed by atoms with E-state index < -0.39 is 0 Å². The van der Waals surface area contributed by atoms with Crippen molar-refractivity contribution in [1.82, 2.24) is 10.5 Å². The number of hydrogen-bond acceptors (Lipinski definition) is 4. The summed E-state index contributed by atoms with van der Waals surface area (Å²) >= 11 is 0. The lowest BCUT2D eigenvalue weighted by molar-refractivity contribution is 0.0932. The predicted octanol–water partition coefficient (Wildman–Crippen LogP) is 3.26. The highest BCUT2D eigenvalue weighted by Gasteiger charge is 2.16. The van der Waals surface area contributed by atoms with Crippen LogP contribution in [0.25, 0.3) is 11.3 Å². The van der Waals surface area contributed by atoms with Gasteiger partial charge in [0.15, 0.2) is 11.5 Å². The Kier molecular flexibility index (Phi) is 6.49. The van der Waals surface area contributed by atoms with Gasteiger partial charge in [0.05, 0.1) is 0 Å². The van der Waals surface area contributed by atoms with Gasteiger partial charge in [-0.1, -0.05) is 19.0 Å². The average Bonchev–Trinajstić information content (AvgIpc) is 3.03. The van der Waals surface area contributed by atoms with Gasteiger partial charge in [-0.05, 0) is 48.9 Å². The van der Waals surface area contributed by atoms with Crippen molar-refractivity contribution in [2.45, 2.75) is 26.7 Å². The molecule has 24 heavy (non-hydrogen) atoms. The molecule has 0 aliphatic heterocycles. The lowest BCUT2D eigenvalue weighted by atomic mass is 9.94. The zero-order valence-electron chi connectivity index (χ0n) is 14.0. The second kappa shape index (κ2) is 8.59. The van der Waals surface area contributed by atoms with Gasteiger partial charge in [-0.15, -0.1) is 0 Å². The van der Waals surface area contributed by atoms with Gasteiger partial charge in [0.1, 0.15) is 5.82 Å². The molecule has 1 aromatic heterocycles. The van der Waals surface area contributed by atoms with E-state index in [2.05, 4.69) is 24.3 Å². The van der Waals surface area contributed by atoms with E-state index in [-0.39, 0.29) is 29.9 Å². The smallest absolute Gasteiger partial charge is 0.273 e. The van der Waals surface area contributed by atoms with Crippen LogP contribution in [0.15, 0.2) is 34.9 Å². The molecule has 2 rings (SSSR count). The maximum Gasteiger partial charge on any atom is 0.273 e. The molecule has 1 unspecified atom stereocenters. The predicted molar refractivity (Wildman–Crippen MR) is 88.9 cm³/mol. The van der Waals surface area contributed by atoms with Gasteiger partial charge in [0.2, 0.25) is 0 Å². The summed E-state index contributed by atoms with van der Waals surface area (Å²) < 4.78 is 18.1. The van der Waals surface area contributed by atoms with Gasteiger partial charge in [0, 0.05) is 24.8 Å². The molecule has 130 valence electrons. The lowest BCUT2D eigenvalue weighted by Crippen LogP contribution is -2.30. The molecule has 1 aromatic carbocycles. The molecule has 1 amide bonds. The number of nitrogens with one attached hydrogen (secondary N) is 1. The third-order valence-electron chi connectivity index (χ3n) is 3.76. The first-order chi connectivity index (χ1) is 11.5. The van der Waals surface area contributed by atoms with E-state index in [1.54, 1.807) is 12.1 Å². The fourth-order valence-electron chi connectivity index (χ4n) is 2.61. The van der Waals surface area contributed by atoms with Crippen LogP contribution in [0.2, 0.25) is 0 Å². The summed E-state index contributed by atoms with van der Waals surface area (Å²) in [5, 5.41) is 15.7. The second-order valence-corrected chi connectivity index (χ2v) is 6.30. The fourth-order valence-corrected chi connectivity index (χ4v) is 2.61. The first kappa shape index (κ1) is 18.1. The van der Waals surface area contributed by atoms with E-state index in [0.29, 0.717) is 30.2 Å². The van der Waals surface area contributed by atoms with E-state index in [1.165, 1.54) is 18.2 Å². The minimum Gasteiger partial charge on any atom is -0.396 e. The molecule has 1 atom stereocenters.